The number of hydrogen-bond acceptors (Lipinski definition) is 7. The second-order valence-electron chi connectivity index (χ2n) is 5.49. The highest BCUT2D eigenvalue weighted by Gasteiger charge is 2.30. The first-order chi connectivity index (χ1) is 12.5. The van der Waals surface area contributed by atoms with E-state index in [0.29, 0.717) is 17.0 Å². The summed E-state index contributed by atoms with van der Waals surface area (Å²) >= 11 is 0. The van der Waals surface area contributed by atoms with Crippen LogP contribution in [0.4, 0.5) is 17.1 Å². The first kappa shape index (κ1) is 17.7. The molecule has 9 nitrogen and oxygen atoms in total. The monoisotopic (exact) mass is 360 g/mol. The molecule has 0 aromatic heterocycles. The fourth-order valence-electron chi connectivity index (χ4n) is 2.61. The van der Waals surface area contributed by atoms with Gasteiger partial charge in [0.1, 0.15) is 19.0 Å². The van der Waals surface area contributed by atoms with E-state index in [9.17, 15) is 24.9 Å². The molecular weight excluding hydrogens is 344 g/mol. The number of nitrogens with one attached hydrogen (secondary N) is 1. The van der Waals surface area contributed by atoms with Crippen LogP contribution >= 0.6 is 0 Å². The fraction of sp³-hybridized carbons (Fsp3) is 0.176. The van der Waals surface area contributed by atoms with E-state index in [2.05, 4.69) is 5.32 Å². The minimum absolute atomic E-state index is 0.0381. The molecule has 3 rings (SSSR count). The summed E-state index contributed by atoms with van der Waals surface area (Å²) in [4.78, 5) is 24.9. The van der Waals surface area contributed by atoms with Gasteiger partial charge in [-0.3, -0.25) is 14.5 Å². The molecule has 0 saturated carbocycles. The molecule has 0 radical (unpaired) electrons. The molecule has 1 heterocycles. The second-order valence-corrected chi connectivity index (χ2v) is 5.49. The molecule has 0 saturated heterocycles. The topological polar surface area (TPSA) is 140 Å². The Morgan fingerprint density at radius 3 is 2.38 bits per heavy atom. The number of benzene rings is 2. The van der Waals surface area contributed by atoms with Gasteiger partial charge in [-0.15, -0.1) is 0 Å². The summed E-state index contributed by atoms with van der Waals surface area (Å²) in [5.74, 6) is -1.31. The maximum Gasteiger partial charge on any atom is 0.257 e. The highest BCUT2D eigenvalue weighted by molar-refractivity contribution is 6.06. The Morgan fingerprint density at radius 1 is 1.00 bits per heavy atom. The van der Waals surface area contributed by atoms with Crippen molar-refractivity contribution in [3.05, 3.63) is 35.9 Å². The molecule has 5 N–H and O–H groups in total. The number of aromatic hydroxyl groups is 1. The molecule has 0 spiro atoms. The number of fused-ring (bicyclic) bond motifs is 2. The van der Waals surface area contributed by atoms with Crippen molar-refractivity contribution in [1.82, 2.24) is 0 Å². The lowest BCUT2D eigenvalue weighted by atomic mass is 10.1. The molecule has 26 heavy (non-hydrogen) atoms. The Labute approximate surface area is 147 Å². The number of nitrogens with zero attached hydrogens (tertiary/aromatic N) is 1. The summed E-state index contributed by atoms with van der Waals surface area (Å²) in [7, 11) is 0. The van der Waals surface area contributed by atoms with Gasteiger partial charge in [0.15, 0.2) is 11.5 Å². The summed E-state index contributed by atoms with van der Waals surface area (Å²) in [5, 5.41) is 39.9. The van der Waals surface area contributed by atoms with Crippen LogP contribution in [-0.4, -0.2) is 45.5 Å². The molecule has 1 aliphatic heterocycles. The lowest BCUT2D eigenvalue weighted by Crippen LogP contribution is -2.31. The van der Waals surface area contributed by atoms with E-state index in [0.717, 1.165) is 0 Å². The summed E-state index contributed by atoms with van der Waals surface area (Å²) < 4.78 is 5.69. The van der Waals surface area contributed by atoms with E-state index in [4.69, 9.17) is 9.84 Å². The number of rotatable bonds is 4. The van der Waals surface area contributed by atoms with Crippen LogP contribution in [0.5, 0.6) is 17.2 Å². The van der Waals surface area contributed by atoms with Gasteiger partial charge in [0.05, 0.1) is 23.7 Å². The molecule has 0 atom stereocenters. The zero-order valence-electron chi connectivity index (χ0n) is 13.5. The van der Waals surface area contributed by atoms with Gasteiger partial charge in [-0.05, 0) is 23.8 Å². The van der Waals surface area contributed by atoms with E-state index >= 15 is 0 Å². The van der Waals surface area contributed by atoms with Gasteiger partial charge in [-0.2, -0.15) is 0 Å². The Balaban J connectivity index is 2.15. The van der Waals surface area contributed by atoms with Crippen molar-refractivity contribution in [3.8, 4) is 17.2 Å². The third-order valence-corrected chi connectivity index (χ3v) is 3.79. The van der Waals surface area contributed by atoms with Crippen LogP contribution in [0.2, 0.25) is 0 Å². The van der Waals surface area contributed by atoms with Gasteiger partial charge in [-0.25, -0.2) is 0 Å². The van der Waals surface area contributed by atoms with Crippen LogP contribution in [0, 0.1) is 0 Å². The average molecular weight is 360 g/mol. The summed E-state index contributed by atoms with van der Waals surface area (Å²) in [6.45, 7) is -1.83. The van der Waals surface area contributed by atoms with Gasteiger partial charge >= 0.3 is 0 Å². The third-order valence-electron chi connectivity index (χ3n) is 3.79. The van der Waals surface area contributed by atoms with Crippen molar-refractivity contribution in [2.24, 2.45) is 0 Å². The van der Waals surface area contributed by atoms with Crippen LogP contribution in [0.15, 0.2) is 30.3 Å². The van der Waals surface area contributed by atoms with Crippen LogP contribution in [-0.2, 0) is 16.2 Å². The van der Waals surface area contributed by atoms with Crippen molar-refractivity contribution in [2.45, 2.75) is 6.61 Å². The van der Waals surface area contributed by atoms with Gasteiger partial charge in [0.2, 0.25) is 5.91 Å². The maximum absolute atomic E-state index is 12.3. The fourth-order valence-corrected chi connectivity index (χ4v) is 2.61. The molecule has 136 valence electrons. The smallest absolute Gasteiger partial charge is 0.257 e. The first-order valence-electron chi connectivity index (χ1n) is 7.61. The Morgan fingerprint density at radius 2 is 1.73 bits per heavy atom. The van der Waals surface area contributed by atoms with Crippen LogP contribution < -0.4 is 15.0 Å². The molecule has 9 heteroatoms. The molecule has 0 fully saturated rings. The number of aliphatic hydroxyl groups excluding tert-OH is 3. The van der Waals surface area contributed by atoms with Crippen molar-refractivity contribution < 1.29 is 34.8 Å². The predicted octanol–water partition coefficient (Wildman–Crippen LogP) is 0.578. The molecule has 2 aromatic carbocycles. The van der Waals surface area contributed by atoms with E-state index in [1.54, 1.807) is 12.1 Å². The molecule has 0 unspecified atom stereocenters. The number of amides is 2. The van der Waals surface area contributed by atoms with E-state index in [1.165, 1.54) is 23.1 Å². The average Bonchev–Trinajstić information content (AvgIpc) is 2.65. The van der Waals surface area contributed by atoms with Crippen LogP contribution in [0.25, 0.3) is 0 Å². The minimum Gasteiger partial charge on any atom is -0.506 e. The quantitative estimate of drug-likeness (QED) is 0.502. The Hall–Kier alpha value is -3.14. The Bertz CT molecular complexity index is 882. The number of phenolic OH excluding ortho intramolecular Hbond substituents is 1. The van der Waals surface area contributed by atoms with E-state index in [1.807, 2.05) is 0 Å². The number of ether oxygens (including phenoxy) is 1. The summed E-state index contributed by atoms with van der Waals surface area (Å²) in [5.41, 5.74) is 0.967. The molecule has 2 aromatic rings. The highest BCUT2D eigenvalue weighted by atomic mass is 16.5. The standard InChI is InChI=1S/C17H16N2O7/c20-6-9-1-2-14-11(3-9)19(17(25)8-22)12-4-10(18-16(24)7-21)13(23)5-15(12)26-14/h1-5,20-23H,6-8H2,(H,18,24). The van der Waals surface area contributed by atoms with E-state index in [-0.39, 0.29) is 29.5 Å². The number of aliphatic hydroxyl groups is 3. The van der Waals surface area contributed by atoms with Crippen LogP contribution in [0.1, 0.15) is 5.56 Å². The highest BCUT2D eigenvalue weighted by Crippen LogP contribution is 2.50. The molecule has 1 aliphatic rings. The van der Waals surface area contributed by atoms with Gasteiger partial charge in [0.25, 0.3) is 5.91 Å². The van der Waals surface area contributed by atoms with Crippen molar-refractivity contribution in [2.75, 3.05) is 23.4 Å². The minimum atomic E-state index is -0.790. The zero-order chi connectivity index (χ0) is 18.8. The van der Waals surface area contributed by atoms with Gasteiger partial charge in [0, 0.05) is 6.07 Å². The van der Waals surface area contributed by atoms with Gasteiger partial charge in [-0.1, -0.05) is 6.07 Å². The number of carbonyl (C=O) groups is 2. The first-order valence-corrected chi connectivity index (χ1v) is 7.61. The summed E-state index contributed by atoms with van der Waals surface area (Å²) in [6.07, 6.45) is 0. The lowest BCUT2D eigenvalue weighted by molar-refractivity contribution is -0.120. The van der Waals surface area contributed by atoms with Gasteiger partial charge < -0.3 is 30.5 Å². The zero-order valence-corrected chi connectivity index (χ0v) is 13.5. The largest absolute Gasteiger partial charge is 0.506 e. The second kappa shape index (κ2) is 7.00. The normalized spacial score (nSPS) is 12.0. The number of anilines is 3. The predicted molar refractivity (Wildman–Crippen MR) is 90.5 cm³/mol. The number of phenols is 1. The van der Waals surface area contributed by atoms with Crippen molar-refractivity contribution >= 4 is 28.9 Å². The molecule has 0 aliphatic carbocycles. The van der Waals surface area contributed by atoms with Crippen molar-refractivity contribution in [1.29, 1.82) is 0 Å². The lowest BCUT2D eigenvalue weighted by Gasteiger charge is -2.31. The van der Waals surface area contributed by atoms with Crippen molar-refractivity contribution in [3.63, 3.8) is 0 Å². The number of hydrogen-bond donors (Lipinski definition) is 5. The Kier molecular flexibility index (Phi) is 4.76. The van der Waals surface area contributed by atoms with E-state index < -0.39 is 25.0 Å². The SMILES string of the molecule is O=C(CO)Nc1cc2c(cc1O)Oc1ccc(CO)cc1N2C(=O)CO. The molecular formula is C17H16N2O7. The molecule has 0 bridgehead atoms. The third kappa shape index (κ3) is 3.06. The van der Waals surface area contributed by atoms with Crippen LogP contribution in [0.3, 0.4) is 0 Å². The number of carbonyl (C=O) groups excluding carboxylic acids is 2. The summed E-state index contributed by atoms with van der Waals surface area (Å²) in [6, 6.07) is 7.20. The maximum atomic E-state index is 12.3. The molecule has 2 amide bonds.